The molecule has 1 saturated carbocycles. The fourth-order valence-electron chi connectivity index (χ4n) is 1.97. The summed E-state index contributed by atoms with van der Waals surface area (Å²) in [5.41, 5.74) is 0.332. The summed E-state index contributed by atoms with van der Waals surface area (Å²) in [5.74, 6) is -0.597. The lowest BCUT2D eigenvalue weighted by Crippen LogP contribution is -2.41. The number of hydrogen-bond donors (Lipinski definition) is 2. The van der Waals surface area contributed by atoms with Gasteiger partial charge in [0.15, 0.2) is 6.10 Å². The largest absolute Gasteiger partial charge is 0.416 e. The predicted molar refractivity (Wildman–Crippen MR) is 61.7 cm³/mol. The molecule has 1 amide bonds. The maximum atomic E-state index is 12.1. The summed E-state index contributed by atoms with van der Waals surface area (Å²) >= 11 is 0. The Balaban J connectivity index is 1.95. The number of carbonyl (C=O) groups is 1. The maximum absolute atomic E-state index is 12.1. The van der Waals surface area contributed by atoms with E-state index >= 15 is 0 Å². The van der Waals surface area contributed by atoms with Crippen molar-refractivity contribution in [1.82, 2.24) is 9.88 Å². The smallest absolute Gasteiger partial charge is 0.382 e. The van der Waals surface area contributed by atoms with E-state index in [-0.39, 0.29) is 6.04 Å². The van der Waals surface area contributed by atoms with Crippen molar-refractivity contribution in [2.24, 2.45) is 0 Å². The van der Waals surface area contributed by atoms with Gasteiger partial charge < -0.3 is 15.0 Å². The van der Waals surface area contributed by atoms with Crippen LogP contribution in [0.1, 0.15) is 35.8 Å². The van der Waals surface area contributed by atoms with Crippen molar-refractivity contribution in [2.45, 2.75) is 37.6 Å². The summed E-state index contributed by atoms with van der Waals surface area (Å²) in [4.78, 5) is 11.8. The summed E-state index contributed by atoms with van der Waals surface area (Å²) in [6.07, 6.45) is -2.47. The Kier molecular flexibility index (Phi) is 3.84. The number of aromatic nitrogens is 1. The number of carbonyl (C=O) groups excluding carboxylic acids is 1. The van der Waals surface area contributed by atoms with Crippen LogP contribution in [-0.2, 0) is 0 Å². The molecule has 0 radical (unpaired) electrons. The fraction of sp³-hybridized carbons (Fsp3) is 0.583. The van der Waals surface area contributed by atoms with Crippen molar-refractivity contribution >= 4 is 5.91 Å². The first-order chi connectivity index (χ1) is 8.89. The second-order valence-electron chi connectivity index (χ2n) is 4.65. The number of amides is 1. The standard InChI is InChI=1S/C12H15F3N2O2/c13-12(14,15)10(18)7-16-11(19)9-5-2-6-17(9)8-3-1-4-8/h2,5-6,8,10,18H,1,3-4,7H2,(H,16,19). The quantitative estimate of drug-likeness (QED) is 0.882. The highest BCUT2D eigenvalue weighted by Crippen LogP contribution is 2.32. The zero-order valence-electron chi connectivity index (χ0n) is 10.2. The molecule has 1 fully saturated rings. The molecule has 19 heavy (non-hydrogen) atoms. The van der Waals surface area contributed by atoms with Crippen LogP contribution in [0.25, 0.3) is 0 Å². The normalized spacial score (nSPS) is 17.9. The van der Waals surface area contributed by atoms with E-state index in [1.54, 1.807) is 22.9 Å². The van der Waals surface area contributed by atoms with E-state index in [1.165, 1.54) is 0 Å². The van der Waals surface area contributed by atoms with Crippen molar-refractivity contribution in [3.8, 4) is 0 Å². The Bertz CT molecular complexity index is 452. The second kappa shape index (κ2) is 5.24. The van der Waals surface area contributed by atoms with Gasteiger partial charge in [0.05, 0.1) is 6.54 Å². The van der Waals surface area contributed by atoms with Gasteiger partial charge in [-0.05, 0) is 31.4 Å². The van der Waals surface area contributed by atoms with Crippen molar-refractivity contribution in [1.29, 1.82) is 0 Å². The van der Waals surface area contributed by atoms with Crippen LogP contribution in [0.5, 0.6) is 0 Å². The van der Waals surface area contributed by atoms with Gasteiger partial charge in [0.1, 0.15) is 5.69 Å². The third-order valence-corrected chi connectivity index (χ3v) is 3.31. The first-order valence-corrected chi connectivity index (χ1v) is 6.09. The number of alkyl halides is 3. The van der Waals surface area contributed by atoms with Crippen LogP contribution < -0.4 is 5.32 Å². The van der Waals surface area contributed by atoms with Crippen molar-refractivity contribution in [3.05, 3.63) is 24.0 Å². The molecule has 0 aliphatic heterocycles. The lowest BCUT2D eigenvalue weighted by atomic mass is 9.93. The number of halogens is 3. The van der Waals surface area contributed by atoms with Gasteiger partial charge in [-0.1, -0.05) is 0 Å². The van der Waals surface area contributed by atoms with Crippen LogP contribution in [0.4, 0.5) is 13.2 Å². The predicted octanol–water partition coefficient (Wildman–Crippen LogP) is 1.87. The Morgan fingerprint density at radius 1 is 1.53 bits per heavy atom. The third-order valence-electron chi connectivity index (χ3n) is 3.31. The highest BCUT2D eigenvalue weighted by atomic mass is 19.4. The van der Waals surface area contributed by atoms with Gasteiger partial charge in [0, 0.05) is 12.2 Å². The molecule has 1 aliphatic rings. The highest BCUT2D eigenvalue weighted by Gasteiger charge is 2.38. The van der Waals surface area contributed by atoms with E-state index in [1.807, 2.05) is 0 Å². The molecule has 1 aromatic rings. The Morgan fingerprint density at radius 3 is 2.74 bits per heavy atom. The molecule has 106 valence electrons. The Labute approximate surface area is 108 Å². The first-order valence-electron chi connectivity index (χ1n) is 6.09. The van der Waals surface area contributed by atoms with Crippen molar-refractivity contribution < 1.29 is 23.1 Å². The summed E-state index contributed by atoms with van der Waals surface area (Å²) in [6, 6.07) is 3.50. The Morgan fingerprint density at radius 2 is 2.21 bits per heavy atom. The van der Waals surface area contributed by atoms with Gasteiger partial charge in [0.25, 0.3) is 5.91 Å². The van der Waals surface area contributed by atoms with Crippen LogP contribution >= 0.6 is 0 Å². The molecule has 0 bridgehead atoms. The molecular weight excluding hydrogens is 261 g/mol. The average molecular weight is 276 g/mol. The minimum Gasteiger partial charge on any atom is -0.382 e. The van der Waals surface area contributed by atoms with Gasteiger partial charge in [-0.15, -0.1) is 0 Å². The lowest BCUT2D eigenvalue weighted by Gasteiger charge is -2.28. The number of nitrogens with one attached hydrogen (secondary N) is 1. The van der Waals surface area contributed by atoms with Gasteiger partial charge in [-0.3, -0.25) is 4.79 Å². The number of aliphatic hydroxyl groups is 1. The van der Waals surface area contributed by atoms with Crippen LogP contribution in [0.3, 0.4) is 0 Å². The molecule has 0 saturated heterocycles. The zero-order valence-corrected chi connectivity index (χ0v) is 10.2. The van der Waals surface area contributed by atoms with Gasteiger partial charge >= 0.3 is 6.18 Å². The van der Waals surface area contributed by atoms with E-state index in [0.29, 0.717) is 5.69 Å². The molecule has 4 nitrogen and oxygen atoms in total. The van der Waals surface area contributed by atoms with E-state index in [9.17, 15) is 18.0 Å². The molecule has 2 N–H and O–H groups in total. The molecular formula is C12H15F3N2O2. The molecule has 1 unspecified atom stereocenters. The summed E-state index contributed by atoms with van der Waals surface area (Å²) in [5, 5.41) is 10.9. The topological polar surface area (TPSA) is 54.3 Å². The molecule has 1 atom stereocenters. The van der Waals surface area contributed by atoms with E-state index in [4.69, 9.17) is 5.11 Å². The maximum Gasteiger partial charge on any atom is 0.416 e. The molecule has 0 aromatic carbocycles. The van der Waals surface area contributed by atoms with Crippen molar-refractivity contribution in [2.75, 3.05) is 6.54 Å². The van der Waals surface area contributed by atoms with Crippen LogP contribution in [0.2, 0.25) is 0 Å². The lowest BCUT2D eigenvalue weighted by molar-refractivity contribution is -0.201. The average Bonchev–Trinajstić information content (AvgIpc) is 2.70. The molecule has 1 heterocycles. The van der Waals surface area contributed by atoms with Crippen LogP contribution in [-0.4, -0.2) is 34.4 Å². The molecule has 0 spiro atoms. The molecule has 7 heteroatoms. The van der Waals surface area contributed by atoms with E-state index < -0.39 is 24.7 Å². The van der Waals surface area contributed by atoms with E-state index in [0.717, 1.165) is 19.3 Å². The van der Waals surface area contributed by atoms with Crippen LogP contribution in [0.15, 0.2) is 18.3 Å². The van der Waals surface area contributed by atoms with Gasteiger partial charge in [-0.2, -0.15) is 13.2 Å². The monoisotopic (exact) mass is 276 g/mol. The number of nitrogens with zero attached hydrogens (tertiary/aromatic N) is 1. The zero-order chi connectivity index (χ0) is 14.0. The van der Waals surface area contributed by atoms with Gasteiger partial charge in [-0.25, -0.2) is 0 Å². The van der Waals surface area contributed by atoms with E-state index in [2.05, 4.69) is 5.32 Å². The van der Waals surface area contributed by atoms with Crippen LogP contribution in [0, 0.1) is 0 Å². The Hall–Kier alpha value is -1.50. The fourth-order valence-corrected chi connectivity index (χ4v) is 1.97. The number of hydrogen-bond acceptors (Lipinski definition) is 2. The van der Waals surface area contributed by atoms with Gasteiger partial charge in [0.2, 0.25) is 0 Å². The second-order valence-corrected chi connectivity index (χ2v) is 4.65. The third kappa shape index (κ3) is 3.09. The molecule has 2 rings (SSSR count). The van der Waals surface area contributed by atoms with Crippen molar-refractivity contribution in [3.63, 3.8) is 0 Å². The number of rotatable bonds is 4. The summed E-state index contributed by atoms with van der Waals surface area (Å²) < 4.78 is 38.1. The molecule has 1 aromatic heterocycles. The number of aliphatic hydroxyl groups excluding tert-OH is 1. The highest BCUT2D eigenvalue weighted by molar-refractivity contribution is 5.92. The summed E-state index contributed by atoms with van der Waals surface area (Å²) in [7, 11) is 0. The minimum atomic E-state index is -4.72. The summed E-state index contributed by atoms with van der Waals surface area (Å²) in [6.45, 7) is -0.835. The SMILES string of the molecule is O=C(NCC(O)C(F)(F)F)c1cccn1C1CCC1. The molecule has 1 aliphatic carbocycles. The first kappa shape index (κ1) is 13.9. The minimum absolute atomic E-state index is 0.253.